The number of amides is 2. The van der Waals surface area contributed by atoms with Crippen LogP contribution < -0.4 is 10.2 Å². The van der Waals surface area contributed by atoms with E-state index in [2.05, 4.69) is 58.1 Å². The van der Waals surface area contributed by atoms with Gasteiger partial charge in [-0.2, -0.15) is 0 Å². The number of aromatic nitrogens is 3. The Labute approximate surface area is 175 Å². The Morgan fingerprint density at radius 3 is 2.62 bits per heavy atom. The third-order valence-electron chi connectivity index (χ3n) is 5.18. The Bertz CT molecular complexity index is 1030. The minimum absolute atomic E-state index is 0.0545. The van der Waals surface area contributed by atoms with Crippen LogP contribution in [0.2, 0.25) is 5.02 Å². The quantitative estimate of drug-likeness (QED) is 0.659. The molecule has 3 heterocycles. The second kappa shape index (κ2) is 7.55. The first-order chi connectivity index (χ1) is 13.8. The number of urea groups is 1. The Hall–Kier alpha value is -2.80. The molecule has 2 N–H and O–H groups in total. The molecule has 2 amide bonds. The van der Waals surface area contributed by atoms with Crippen molar-refractivity contribution in [1.82, 2.24) is 19.9 Å². The van der Waals surface area contributed by atoms with Crippen LogP contribution in [0, 0.1) is 0 Å². The zero-order valence-corrected chi connectivity index (χ0v) is 17.6. The number of piperazine rings is 1. The van der Waals surface area contributed by atoms with Crippen LogP contribution >= 0.6 is 11.6 Å². The fourth-order valence-electron chi connectivity index (χ4n) is 3.45. The molecule has 0 radical (unpaired) electrons. The van der Waals surface area contributed by atoms with Crippen molar-refractivity contribution in [2.75, 3.05) is 36.4 Å². The van der Waals surface area contributed by atoms with Crippen LogP contribution in [0.1, 0.15) is 26.3 Å². The highest BCUT2D eigenvalue weighted by Crippen LogP contribution is 2.26. The van der Waals surface area contributed by atoms with Gasteiger partial charge >= 0.3 is 6.03 Å². The lowest BCUT2D eigenvalue weighted by atomic mass is 9.87. The number of pyridine rings is 1. The van der Waals surface area contributed by atoms with Crippen LogP contribution in [-0.4, -0.2) is 52.1 Å². The fourth-order valence-corrected chi connectivity index (χ4v) is 3.69. The topological polar surface area (TPSA) is 77.2 Å². The first kappa shape index (κ1) is 19.5. The largest absolute Gasteiger partial charge is 0.352 e. The molecule has 3 aromatic rings. The molecule has 1 aromatic carbocycles. The minimum atomic E-state index is -0.160. The zero-order chi connectivity index (χ0) is 20.6. The summed E-state index contributed by atoms with van der Waals surface area (Å²) >= 11 is 6.23. The van der Waals surface area contributed by atoms with E-state index in [1.165, 1.54) is 5.56 Å². The number of fused-ring (bicyclic) bond motifs is 1. The van der Waals surface area contributed by atoms with E-state index in [1.807, 2.05) is 18.2 Å². The van der Waals surface area contributed by atoms with E-state index < -0.39 is 0 Å². The summed E-state index contributed by atoms with van der Waals surface area (Å²) in [7, 11) is 0. The average molecular weight is 413 g/mol. The van der Waals surface area contributed by atoms with Crippen LogP contribution in [0.3, 0.4) is 0 Å². The number of nitrogens with one attached hydrogen (secondary N) is 2. The molecule has 29 heavy (non-hydrogen) atoms. The predicted octanol–water partition coefficient (Wildman–Crippen LogP) is 4.26. The van der Waals surface area contributed by atoms with Gasteiger partial charge in [0.25, 0.3) is 0 Å². The second-order valence-corrected chi connectivity index (χ2v) is 8.69. The SMILES string of the molecule is CC(C)(C)c1ccc2nc(NC(=O)N3CCN(c4ncccc4Cl)CC3)[nH]c2c1. The lowest BCUT2D eigenvalue weighted by Gasteiger charge is -2.35. The molecule has 0 atom stereocenters. The lowest BCUT2D eigenvalue weighted by molar-refractivity contribution is 0.208. The summed E-state index contributed by atoms with van der Waals surface area (Å²) in [6.45, 7) is 9.06. The van der Waals surface area contributed by atoms with Crippen LogP contribution in [0.15, 0.2) is 36.5 Å². The van der Waals surface area contributed by atoms with E-state index in [0.717, 1.165) is 16.9 Å². The van der Waals surface area contributed by atoms with Gasteiger partial charge in [-0.1, -0.05) is 38.4 Å². The highest BCUT2D eigenvalue weighted by molar-refractivity contribution is 6.32. The summed E-state index contributed by atoms with van der Waals surface area (Å²) in [6.07, 6.45) is 1.73. The molecule has 1 aliphatic rings. The maximum absolute atomic E-state index is 12.7. The van der Waals surface area contributed by atoms with Gasteiger partial charge in [-0.15, -0.1) is 0 Å². The van der Waals surface area contributed by atoms with E-state index in [4.69, 9.17) is 11.6 Å². The summed E-state index contributed by atoms with van der Waals surface area (Å²) in [6, 6.07) is 9.64. The smallest absolute Gasteiger partial charge is 0.324 e. The number of anilines is 2. The molecule has 0 unspecified atom stereocenters. The monoisotopic (exact) mass is 412 g/mol. The molecule has 0 aliphatic carbocycles. The highest BCUT2D eigenvalue weighted by Gasteiger charge is 2.24. The average Bonchev–Trinajstić information content (AvgIpc) is 3.09. The number of carbonyl (C=O) groups is 1. The minimum Gasteiger partial charge on any atom is -0.352 e. The first-order valence-electron chi connectivity index (χ1n) is 9.73. The Morgan fingerprint density at radius 2 is 1.93 bits per heavy atom. The number of halogens is 1. The third kappa shape index (κ3) is 4.15. The number of benzene rings is 1. The van der Waals surface area contributed by atoms with Crippen molar-refractivity contribution >= 4 is 40.4 Å². The second-order valence-electron chi connectivity index (χ2n) is 8.28. The van der Waals surface area contributed by atoms with Gasteiger partial charge in [0.05, 0.1) is 16.1 Å². The standard InChI is InChI=1S/C21H25ClN6O/c1-21(2,3)14-6-7-16-17(13-14)25-19(24-16)26-20(29)28-11-9-27(10-12-28)18-15(22)5-4-8-23-18/h4-8,13H,9-12H2,1-3H3,(H2,24,25,26,29). The number of nitrogens with zero attached hydrogens (tertiary/aromatic N) is 4. The van der Waals surface area contributed by atoms with Gasteiger partial charge in [0.1, 0.15) is 5.82 Å². The number of H-pyrrole nitrogens is 1. The molecule has 2 aromatic heterocycles. The van der Waals surface area contributed by atoms with Crippen LogP contribution in [0.4, 0.5) is 16.6 Å². The van der Waals surface area contributed by atoms with E-state index in [9.17, 15) is 4.79 Å². The lowest BCUT2D eigenvalue weighted by Crippen LogP contribution is -2.50. The van der Waals surface area contributed by atoms with E-state index in [1.54, 1.807) is 11.1 Å². The maximum Gasteiger partial charge on any atom is 0.324 e. The summed E-state index contributed by atoms with van der Waals surface area (Å²) in [5, 5.41) is 3.51. The highest BCUT2D eigenvalue weighted by atomic mass is 35.5. The normalized spacial score (nSPS) is 15.0. The van der Waals surface area contributed by atoms with Crippen LogP contribution in [0.5, 0.6) is 0 Å². The van der Waals surface area contributed by atoms with Gasteiger partial charge in [-0.25, -0.2) is 14.8 Å². The van der Waals surface area contributed by atoms with Crippen molar-refractivity contribution in [2.45, 2.75) is 26.2 Å². The maximum atomic E-state index is 12.7. The number of hydrogen-bond acceptors (Lipinski definition) is 4. The molecule has 152 valence electrons. The molecule has 1 saturated heterocycles. The van der Waals surface area contributed by atoms with Gasteiger partial charge < -0.3 is 14.8 Å². The number of imidazole rings is 1. The van der Waals surface area contributed by atoms with E-state index in [-0.39, 0.29) is 11.4 Å². The summed E-state index contributed by atoms with van der Waals surface area (Å²) in [5.74, 6) is 1.23. The van der Waals surface area contributed by atoms with Gasteiger partial charge in [0.2, 0.25) is 5.95 Å². The Balaban J connectivity index is 1.40. The Kier molecular flexibility index (Phi) is 5.08. The third-order valence-corrected chi connectivity index (χ3v) is 5.47. The van der Waals surface area contributed by atoms with Crippen LogP contribution in [0.25, 0.3) is 11.0 Å². The number of hydrogen-bond donors (Lipinski definition) is 2. The van der Waals surface area contributed by atoms with Crippen LogP contribution in [-0.2, 0) is 5.41 Å². The van der Waals surface area contributed by atoms with Gasteiger partial charge in [0.15, 0.2) is 0 Å². The fraction of sp³-hybridized carbons (Fsp3) is 0.381. The molecule has 0 spiro atoms. The van der Waals surface area contributed by atoms with E-state index >= 15 is 0 Å². The molecule has 8 heteroatoms. The predicted molar refractivity (Wildman–Crippen MR) is 117 cm³/mol. The summed E-state index contributed by atoms with van der Waals surface area (Å²) in [5.41, 5.74) is 3.03. The first-order valence-corrected chi connectivity index (χ1v) is 10.1. The molecular formula is C21H25ClN6O. The molecular weight excluding hydrogens is 388 g/mol. The van der Waals surface area contributed by atoms with Gasteiger partial charge in [0, 0.05) is 32.4 Å². The van der Waals surface area contributed by atoms with Crippen molar-refractivity contribution in [1.29, 1.82) is 0 Å². The molecule has 1 aliphatic heterocycles. The Morgan fingerprint density at radius 1 is 1.17 bits per heavy atom. The van der Waals surface area contributed by atoms with E-state index in [0.29, 0.717) is 37.1 Å². The van der Waals surface area contributed by atoms with Gasteiger partial charge in [-0.3, -0.25) is 5.32 Å². The number of rotatable bonds is 2. The van der Waals surface area contributed by atoms with Crippen molar-refractivity contribution in [2.24, 2.45) is 0 Å². The zero-order valence-electron chi connectivity index (χ0n) is 16.9. The van der Waals surface area contributed by atoms with Crippen molar-refractivity contribution in [3.63, 3.8) is 0 Å². The van der Waals surface area contributed by atoms with Crippen molar-refractivity contribution in [3.05, 3.63) is 47.1 Å². The molecule has 0 saturated carbocycles. The van der Waals surface area contributed by atoms with Crippen molar-refractivity contribution in [3.8, 4) is 0 Å². The summed E-state index contributed by atoms with van der Waals surface area (Å²) in [4.78, 5) is 28.6. The van der Waals surface area contributed by atoms with Gasteiger partial charge in [-0.05, 0) is 35.2 Å². The molecule has 4 rings (SSSR count). The summed E-state index contributed by atoms with van der Waals surface area (Å²) < 4.78 is 0. The molecule has 0 bridgehead atoms. The molecule has 7 nitrogen and oxygen atoms in total. The number of aromatic amines is 1. The van der Waals surface area contributed by atoms with Crippen molar-refractivity contribution < 1.29 is 4.79 Å². The number of carbonyl (C=O) groups excluding carboxylic acids is 1. The molecule has 1 fully saturated rings.